The summed E-state index contributed by atoms with van der Waals surface area (Å²) in [6.45, 7) is 0. The Morgan fingerprint density at radius 2 is 2.00 bits per heavy atom. The molecule has 0 aliphatic carbocycles. The van der Waals surface area contributed by atoms with Crippen LogP contribution in [-0.2, 0) is 0 Å². The third-order valence-corrected chi connectivity index (χ3v) is 2.80. The van der Waals surface area contributed by atoms with Crippen molar-refractivity contribution in [1.82, 2.24) is 4.98 Å². The summed E-state index contributed by atoms with van der Waals surface area (Å²) in [5.74, 6) is 0.0291. The Bertz CT molecular complexity index is 666. The van der Waals surface area contributed by atoms with Crippen molar-refractivity contribution in [3.05, 3.63) is 51.3 Å². The number of benzene rings is 1. The van der Waals surface area contributed by atoms with Gasteiger partial charge in [0, 0.05) is 7.05 Å². The lowest BCUT2D eigenvalue weighted by Crippen LogP contribution is -2.01. The Kier molecular flexibility index (Phi) is 3.99. The smallest absolute Gasteiger partial charge is 0.276 e. The molecule has 0 fully saturated rings. The lowest BCUT2D eigenvalue weighted by Gasteiger charge is -2.09. The van der Waals surface area contributed by atoms with E-state index in [4.69, 9.17) is 11.6 Å². The number of rotatable bonds is 4. The van der Waals surface area contributed by atoms with Crippen LogP contribution in [0.3, 0.4) is 0 Å². The molecule has 2 rings (SSSR count). The molecule has 0 saturated heterocycles. The van der Waals surface area contributed by atoms with Gasteiger partial charge in [-0.2, -0.15) is 0 Å². The molecule has 2 aromatic rings. The van der Waals surface area contributed by atoms with Crippen LogP contribution < -0.4 is 10.6 Å². The van der Waals surface area contributed by atoms with Gasteiger partial charge in [-0.3, -0.25) is 10.1 Å². The van der Waals surface area contributed by atoms with Gasteiger partial charge in [0.15, 0.2) is 0 Å². The number of nitro groups is 1. The molecule has 1 aromatic carbocycles. The van der Waals surface area contributed by atoms with E-state index in [0.29, 0.717) is 5.82 Å². The zero-order valence-electron chi connectivity index (χ0n) is 10.4. The normalized spacial score (nSPS) is 10.2. The highest BCUT2D eigenvalue weighted by atomic mass is 35.5. The summed E-state index contributed by atoms with van der Waals surface area (Å²) < 4.78 is 13.2. The highest BCUT2D eigenvalue weighted by Crippen LogP contribution is 2.28. The SMILES string of the molecule is CNc1cc([N+](=O)[O-])cc(Nc2cc(F)ccc2Cl)n1. The van der Waals surface area contributed by atoms with E-state index in [1.165, 1.54) is 30.3 Å². The van der Waals surface area contributed by atoms with Gasteiger partial charge in [0.25, 0.3) is 5.69 Å². The van der Waals surface area contributed by atoms with Crippen molar-refractivity contribution < 1.29 is 9.31 Å². The molecule has 0 unspecified atom stereocenters. The number of aromatic nitrogens is 1. The van der Waals surface area contributed by atoms with Crippen molar-refractivity contribution in [2.24, 2.45) is 0 Å². The molecule has 0 spiro atoms. The van der Waals surface area contributed by atoms with Crippen LogP contribution in [0, 0.1) is 15.9 Å². The molecule has 8 heteroatoms. The predicted molar refractivity (Wildman–Crippen MR) is 75.1 cm³/mol. The summed E-state index contributed by atoms with van der Waals surface area (Å²) in [7, 11) is 1.59. The van der Waals surface area contributed by atoms with Crippen LogP contribution in [0.2, 0.25) is 5.02 Å². The molecule has 104 valence electrons. The first-order valence-electron chi connectivity index (χ1n) is 5.56. The molecule has 6 nitrogen and oxygen atoms in total. The highest BCUT2D eigenvalue weighted by Gasteiger charge is 2.12. The van der Waals surface area contributed by atoms with Crippen molar-refractivity contribution >= 4 is 34.6 Å². The van der Waals surface area contributed by atoms with Crippen LogP contribution in [0.15, 0.2) is 30.3 Å². The quantitative estimate of drug-likeness (QED) is 0.666. The lowest BCUT2D eigenvalue weighted by atomic mass is 10.3. The van der Waals surface area contributed by atoms with Gasteiger partial charge < -0.3 is 10.6 Å². The number of nitrogens with zero attached hydrogens (tertiary/aromatic N) is 2. The van der Waals surface area contributed by atoms with Crippen LogP contribution in [0.4, 0.5) is 27.4 Å². The van der Waals surface area contributed by atoms with Gasteiger partial charge in [-0.25, -0.2) is 9.37 Å². The first-order chi connectivity index (χ1) is 9.49. The van der Waals surface area contributed by atoms with E-state index in [0.717, 1.165) is 0 Å². The fourth-order valence-electron chi connectivity index (χ4n) is 1.54. The summed E-state index contributed by atoms with van der Waals surface area (Å²) in [5, 5.41) is 16.6. The van der Waals surface area contributed by atoms with Crippen LogP contribution in [0.5, 0.6) is 0 Å². The third kappa shape index (κ3) is 3.12. The Labute approximate surface area is 118 Å². The minimum absolute atomic E-state index is 0.139. The minimum Gasteiger partial charge on any atom is -0.373 e. The fraction of sp³-hybridized carbons (Fsp3) is 0.0833. The van der Waals surface area contributed by atoms with Crippen LogP contribution in [-0.4, -0.2) is 17.0 Å². The second kappa shape index (κ2) is 5.70. The van der Waals surface area contributed by atoms with Crippen LogP contribution >= 0.6 is 11.6 Å². The monoisotopic (exact) mass is 296 g/mol. The van der Waals surface area contributed by atoms with Crippen molar-refractivity contribution in [3.63, 3.8) is 0 Å². The largest absolute Gasteiger partial charge is 0.373 e. The topological polar surface area (TPSA) is 80.1 Å². The average molecular weight is 297 g/mol. The van der Waals surface area contributed by atoms with E-state index < -0.39 is 10.7 Å². The first kappa shape index (κ1) is 14.0. The van der Waals surface area contributed by atoms with Crippen LogP contribution in [0.25, 0.3) is 0 Å². The zero-order valence-corrected chi connectivity index (χ0v) is 11.1. The maximum atomic E-state index is 13.2. The highest BCUT2D eigenvalue weighted by molar-refractivity contribution is 6.33. The number of hydrogen-bond acceptors (Lipinski definition) is 5. The Morgan fingerprint density at radius 3 is 2.65 bits per heavy atom. The molecule has 20 heavy (non-hydrogen) atoms. The van der Waals surface area contributed by atoms with Crippen molar-refractivity contribution in [1.29, 1.82) is 0 Å². The van der Waals surface area contributed by atoms with Gasteiger partial charge in [0.2, 0.25) is 0 Å². The van der Waals surface area contributed by atoms with Crippen molar-refractivity contribution in [3.8, 4) is 0 Å². The van der Waals surface area contributed by atoms with E-state index in [1.54, 1.807) is 7.05 Å². The molecule has 0 amide bonds. The Hall–Kier alpha value is -2.41. The molecule has 0 atom stereocenters. The second-order valence-corrected chi connectivity index (χ2v) is 4.26. The van der Waals surface area contributed by atoms with E-state index >= 15 is 0 Å². The third-order valence-electron chi connectivity index (χ3n) is 2.47. The van der Waals surface area contributed by atoms with Gasteiger partial charge in [-0.05, 0) is 18.2 Å². The molecular weight excluding hydrogens is 287 g/mol. The molecular formula is C12H10ClFN4O2. The zero-order chi connectivity index (χ0) is 14.7. The van der Waals surface area contributed by atoms with Gasteiger partial charge >= 0.3 is 0 Å². The average Bonchev–Trinajstić information content (AvgIpc) is 2.42. The van der Waals surface area contributed by atoms with Gasteiger partial charge in [0.1, 0.15) is 17.5 Å². The van der Waals surface area contributed by atoms with Crippen molar-refractivity contribution in [2.45, 2.75) is 0 Å². The number of nitrogens with one attached hydrogen (secondary N) is 2. The lowest BCUT2D eigenvalue weighted by molar-refractivity contribution is -0.384. The second-order valence-electron chi connectivity index (χ2n) is 3.85. The Morgan fingerprint density at radius 1 is 1.30 bits per heavy atom. The first-order valence-corrected chi connectivity index (χ1v) is 5.93. The number of hydrogen-bond donors (Lipinski definition) is 2. The predicted octanol–water partition coefficient (Wildman–Crippen LogP) is 3.57. The standard InChI is InChI=1S/C12H10ClFN4O2/c1-15-11-5-8(18(19)20)6-12(17-11)16-10-4-7(14)2-3-9(10)13/h2-6H,1H3,(H2,15,16,17). The minimum atomic E-state index is -0.541. The Balaban J connectivity index is 2.39. The van der Waals surface area contributed by atoms with Crippen LogP contribution in [0.1, 0.15) is 0 Å². The van der Waals surface area contributed by atoms with Gasteiger partial charge in [0.05, 0.1) is 27.8 Å². The summed E-state index contributed by atoms with van der Waals surface area (Å²) in [6, 6.07) is 6.31. The maximum absolute atomic E-state index is 13.2. The number of anilines is 3. The molecule has 0 aliphatic heterocycles. The van der Waals surface area contributed by atoms with E-state index in [1.807, 2.05) is 0 Å². The molecule has 2 N–H and O–H groups in total. The summed E-state index contributed by atoms with van der Waals surface area (Å²) in [6.07, 6.45) is 0. The van der Waals surface area contributed by atoms with E-state index in [-0.39, 0.29) is 22.2 Å². The summed E-state index contributed by atoms with van der Waals surface area (Å²) in [5.41, 5.74) is 0.140. The molecule has 1 heterocycles. The maximum Gasteiger partial charge on any atom is 0.276 e. The molecule has 0 saturated carbocycles. The van der Waals surface area contributed by atoms with Gasteiger partial charge in [-0.1, -0.05) is 11.6 Å². The summed E-state index contributed by atoms with van der Waals surface area (Å²) in [4.78, 5) is 14.4. The number of halogens is 2. The molecule has 0 aliphatic rings. The summed E-state index contributed by atoms with van der Waals surface area (Å²) >= 11 is 5.92. The number of pyridine rings is 1. The molecule has 0 radical (unpaired) electrons. The van der Waals surface area contributed by atoms with E-state index in [9.17, 15) is 14.5 Å². The van der Waals surface area contributed by atoms with Crippen molar-refractivity contribution in [2.75, 3.05) is 17.7 Å². The fourth-order valence-corrected chi connectivity index (χ4v) is 1.71. The van der Waals surface area contributed by atoms with E-state index in [2.05, 4.69) is 15.6 Å². The molecule has 0 bridgehead atoms. The van der Waals surface area contributed by atoms with Gasteiger partial charge in [-0.15, -0.1) is 0 Å². The molecule has 1 aromatic heterocycles.